The van der Waals surface area contributed by atoms with Crippen molar-refractivity contribution in [3.05, 3.63) is 33.4 Å². The van der Waals surface area contributed by atoms with Gasteiger partial charge in [-0.1, -0.05) is 27.7 Å². The molecule has 2 N–H and O–H groups in total. The summed E-state index contributed by atoms with van der Waals surface area (Å²) in [5.41, 5.74) is 4.95. The Bertz CT molecular complexity index is 568. The van der Waals surface area contributed by atoms with Gasteiger partial charge in [-0.05, 0) is 59.1 Å². The molecule has 0 saturated heterocycles. The molecule has 0 atom stereocenters. The maximum atomic E-state index is 11.9. The van der Waals surface area contributed by atoms with Crippen LogP contribution in [0.3, 0.4) is 0 Å². The molecule has 3 rings (SSSR count). The lowest BCUT2D eigenvalue weighted by Gasteiger charge is -2.23. The Morgan fingerprint density at radius 1 is 0.739 bits per heavy atom. The lowest BCUT2D eigenvalue weighted by molar-refractivity contribution is -0.164. The van der Waals surface area contributed by atoms with Gasteiger partial charge in [0, 0.05) is 12.8 Å². The van der Waals surface area contributed by atoms with E-state index in [1.54, 1.807) is 0 Å². The van der Waals surface area contributed by atoms with Crippen LogP contribution in [0.4, 0.5) is 0 Å². The summed E-state index contributed by atoms with van der Waals surface area (Å²) >= 11 is 0. The number of rotatable bonds is 6. The normalized spacial score (nSPS) is 15.5. The zero-order valence-electron chi connectivity index (χ0n) is 14.5. The van der Waals surface area contributed by atoms with Crippen molar-refractivity contribution in [2.24, 2.45) is 5.41 Å². The fraction of sp³-hybridized carbons (Fsp3) is 0.579. The summed E-state index contributed by atoms with van der Waals surface area (Å²) in [5.74, 6) is -2.44. The van der Waals surface area contributed by atoms with Gasteiger partial charge in [0.2, 0.25) is 0 Å². The molecule has 0 saturated carbocycles. The lowest BCUT2D eigenvalue weighted by atomic mass is 9.78. The third-order valence-corrected chi connectivity index (χ3v) is 5.38. The van der Waals surface area contributed by atoms with E-state index < -0.39 is 17.4 Å². The molecule has 0 heterocycles. The van der Waals surface area contributed by atoms with E-state index in [0.717, 1.165) is 36.8 Å². The topological polar surface area (TPSA) is 74.6 Å². The summed E-state index contributed by atoms with van der Waals surface area (Å²) in [7, 11) is 0. The molecule has 126 valence electrons. The Labute approximate surface area is 137 Å². The van der Waals surface area contributed by atoms with Crippen LogP contribution in [-0.4, -0.2) is 22.2 Å². The molecule has 0 fully saturated rings. The quantitative estimate of drug-likeness (QED) is 0.790. The second-order valence-corrected chi connectivity index (χ2v) is 6.33. The fourth-order valence-corrected chi connectivity index (χ4v) is 4.29. The monoisotopic (exact) mass is 318 g/mol. The number of benzene rings is 1. The van der Waals surface area contributed by atoms with Gasteiger partial charge in [-0.15, -0.1) is 0 Å². The molecule has 0 radical (unpaired) electrons. The number of carboxylic acids is 2. The molecule has 0 aliphatic heterocycles. The van der Waals surface area contributed by atoms with Crippen molar-refractivity contribution in [1.82, 2.24) is 0 Å². The number of carboxylic acid groups (broad SMARTS) is 2. The number of hydrogen-bond acceptors (Lipinski definition) is 2. The van der Waals surface area contributed by atoms with E-state index in [1.165, 1.54) is 22.3 Å². The van der Waals surface area contributed by atoms with Gasteiger partial charge in [-0.2, -0.15) is 0 Å². The Hall–Kier alpha value is -1.84. The minimum atomic E-state index is -1.74. The second-order valence-electron chi connectivity index (χ2n) is 6.33. The van der Waals surface area contributed by atoms with Gasteiger partial charge in [0.05, 0.1) is 0 Å². The minimum Gasteiger partial charge on any atom is -0.480 e. The Balaban J connectivity index is 2.89. The first-order valence-corrected chi connectivity index (χ1v) is 8.51. The van der Waals surface area contributed by atoms with Crippen LogP contribution in [0, 0.1) is 5.41 Å². The molecule has 4 nitrogen and oxygen atoms in total. The zero-order chi connectivity index (χ0) is 17.4. The van der Waals surface area contributed by atoms with Crippen LogP contribution in [0.1, 0.15) is 61.1 Å². The molecule has 2 aliphatic rings. The van der Waals surface area contributed by atoms with Crippen LogP contribution in [0.5, 0.6) is 0 Å². The molecule has 0 amide bonds. The summed E-state index contributed by atoms with van der Waals surface area (Å²) in [6, 6.07) is 0. The maximum Gasteiger partial charge on any atom is 0.321 e. The average Bonchev–Trinajstić information content (AvgIpc) is 2.76. The number of fused-ring (bicyclic) bond motifs is 4. The summed E-state index contributed by atoms with van der Waals surface area (Å²) in [6.45, 7) is 8.28. The van der Waals surface area contributed by atoms with Crippen LogP contribution in [0.15, 0.2) is 0 Å². The Morgan fingerprint density at radius 3 is 1.17 bits per heavy atom. The maximum absolute atomic E-state index is 11.9. The highest BCUT2D eigenvalue weighted by Crippen LogP contribution is 2.43. The Morgan fingerprint density at radius 2 is 1.00 bits per heavy atom. The molecule has 2 aliphatic carbocycles. The van der Waals surface area contributed by atoms with Gasteiger partial charge in [-0.3, -0.25) is 9.59 Å². The van der Waals surface area contributed by atoms with E-state index in [2.05, 4.69) is 27.7 Å². The number of carbonyl (C=O) groups is 2. The van der Waals surface area contributed by atoms with E-state index >= 15 is 0 Å². The van der Waals surface area contributed by atoms with Crippen molar-refractivity contribution in [2.45, 2.75) is 66.2 Å². The van der Waals surface area contributed by atoms with Crippen LogP contribution in [0.25, 0.3) is 0 Å². The highest BCUT2D eigenvalue weighted by Gasteiger charge is 2.50. The van der Waals surface area contributed by atoms with E-state index in [1.807, 2.05) is 0 Å². The van der Waals surface area contributed by atoms with E-state index in [0.29, 0.717) is 0 Å². The van der Waals surface area contributed by atoms with Crippen LogP contribution in [-0.2, 0) is 48.1 Å². The van der Waals surface area contributed by atoms with Gasteiger partial charge in [0.1, 0.15) is 0 Å². The molecular formula is C19H26O4. The highest BCUT2D eigenvalue weighted by atomic mass is 16.4. The predicted molar refractivity (Wildman–Crippen MR) is 89.1 cm³/mol. The SMILES string of the molecule is CCc1c(CC)c2c(CC)c(CC)c1CC(C(=O)O)(C(=O)O)C2. The van der Waals surface area contributed by atoms with Crippen molar-refractivity contribution in [3.63, 3.8) is 0 Å². The second kappa shape index (κ2) is 6.34. The third kappa shape index (κ3) is 2.44. The van der Waals surface area contributed by atoms with Crippen molar-refractivity contribution < 1.29 is 19.8 Å². The molecular weight excluding hydrogens is 292 g/mol. The summed E-state index contributed by atoms with van der Waals surface area (Å²) < 4.78 is 0. The van der Waals surface area contributed by atoms with Crippen molar-refractivity contribution >= 4 is 11.9 Å². The van der Waals surface area contributed by atoms with Gasteiger partial charge < -0.3 is 10.2 Å². The van der Waals surface area contributed by atoms with Crippen LogP contribution >= 0.6 is 0 Å². The lowest BCUT2D eigenvalue weighted by Crippen LogP contribution is -2.42. The Kier molecular flexibility index (Phi) is 4.83. The van der Waals surface area contributed by atoms with Gasteiger partial charge in [0.25, 0.3) is 0 Å². The third-order valence-electron chi connectivity index (χ3n) is 5.38. The number of hydrogen-bond donors (Lipinski definition) is 2. The molecule has 1 aromatic rings. The van der Waals surface area contributed by atoms with Crippen molar-refractivity contribution in [1.29, 1.82) is 0 Å². The molecule has 4 heteroatoms. The zero-order valence-corrected chi connectivity index (χ0v) is 14.5. The van der Waals surface area contributed by atoms with E-state index in [9.17, 15) is 19.8 Å². The fourth-order valence-electron chi connectivity index (χ4n) is 4.29. The molecule has 0 unspecified atom stereocenters. The van der Waals surface area contributed by atoms with E-state index in [4.69, 9.17) is 0 Å². The smallest absolute Gasteiger partial charge is 0.321 e. The van der Waals surface area contributed by atoms with Crippen molar-refractivity contribution in [2.75, 3.05) is 0 Å². The van der Waals surface area contributed by atoms with Gasteiger partial charge in [0.15, 0.2) is 5.41 Å². The largest absolute Gasteiger partial charge is 0.480 e. The predicted octanol–water partition coefficient (Wildman–Crippen LogP) is 3.19. The summed E-state index contributed by atoms with van der Waals surface area (Å²) in [5, 5.41) is 19.5. The molecule has 0 spiro atoms. The van der Waals surface area contributed by atoms with Gasteiger partial charge >= 0.3 is 11.9 Å². The molecule has 23 heavy (non-hydrogen) atoms. The first kappa shape index (κ1) is 17.5. The average molecular weight is 318 g/mol. The first-order chi connectivity index (χ1) is 10.9. The van der Waals surface area contributed by atoms with Crippen LogP contribution < -0.4 is 0 Å². The molecule has 1 aromatic carbocycles. The minimum absolute atomic E-state index is 0.0977. The molecule has 2 bridgehead atoms. The standard InChI is InChI=1S/C19H26O4/c1-5-11-12(6-2)16-10-19(17(20)21,18(22)23)9-15(11)13(7-3)14(16)8-4/h5-10H2,1-4H3,(H,20,21)(H,22,23). The highest BCUT2D eigenvalue weighted by molar-refractivity contribution is 5.99. The molecule has 0 aromatic heterocycles. The van der Waals surface area contributed by atoms with Crippen molar-refractivity contribution in [3.8, 4) is 0 Å². The van der Waals surface area contributed by atoms with Crippen LogP contribution in [0.2, 0.25) is 0 Å². The van der Waals surface area contributed by atoms with Gasteiger partial charge in [-0.25, -0.2) is 0 Å². The summed E-state index contributed by atoms with van der Waals surface area (Å²) in [6.07, 6.45) is 3.46. The van der Waals surface area contributed by atoms with E-state index in [-0.39, 0.29) is 12.8 Å². The number of aliphatic carboxylic acids is 2. The summed E-state index contributed by atoms with van der Waals surface area (Å²) in [4.78, 5) is 23.8. The first-order valence-electron chi connectivity index (χ1n) is 8.51.